The third-order valence-corrected chi connectivity index (χ3v) is 10.7. The van der Waals surface area contributed by atoms with Crippen molar-refractivity contribution in [3.05, 3.63) is 29.3 Å². The van der Waals surface area contributed by atoms with Gasteiger partial charge in [0.05, 0.1) is 25.9 Å². The summed E-state index contributed by atoms with van der Waals surface area (Å²) in [5, 5.41) is 12.4. The van der Waals surface area contributed by atoms with Gasteiger partial charge in [0, 0.05) is 28.9 Å². The average Bonchev–Trinajstić information content (AvgIpc) is 3.15. The first-order valence-electron chi connectivity index (χ1n) is 13.1. The third kappa shape index (κ3) is 4.15. The summed E-state index contributed by atoms with van der Waals surface area (Å²) in [7, 11) is 3.47. The van der Waals surface area contributed by atoms with Crippen LogP contribution >= 0.6 is 30.1 Å². The molecule has 1 aliphatic heterocycles. The van der Waals surface area contributed by atoms with Gasteiger partial charge in [0.15, 0.2) is 5.79 Å². The Labute approximate surface area is 222 Å². The molecule has 3 aliphatic carbocycles. The van der Waals surface area contributed by atoms with Gasteiger partial charge in [-0.25, -0.2) is 0 Å². The Balaban J connectivity index is 0.00000133. The minimum atomic E-state index is -0.774. The molecule has 4 aliphatic rings. The highest BCUT2D eigenvalue weighted by Crippen LogP contribution is 2.70. The lowest BCUT2D eigenvalue weighted by Gasteiger charge is -2.62. The van der Waals surface area contributed by atoms with E-state index < -0.39 is 11.4 Å². The molecule has 1 aromatic rings. The maximum atomic E-state index is 12.4. The zero-order chi connectivity index (χ0) is 24.8. The van der Waals surface area contributed by atoms with Crippen LogP contribution in [-0.4, -0.2) is 42.6 Å². The molecular formula is C28H43IO4S. The van der Waals surface area contributed by atoms with E-state index in [0.717, 1.165) is 63.2 Å². The second kappa shape index (κ2) is 10.0. The minimum Gasteiger partial charge on any atom is -0.497 e. The molecule has 0 aromatic heterocycles. The third-order valence-electron chi connectivity index (χ3n) is 9.16. The van der Waals surface area contributed by atoms with Crippen molar-refractivity contribution in [1.82, 2.24) is 0 Å². The minimum absolute atomic E-state index is 0.0483. The Morgan fingerprint density at radius 2 is 1.88 bits per heavy atom. The maximum absolute atomic E-state index is 12.4. The van der Waals surface area contributed by atoms with Crippen LogP contribution in [0.3, 0.4) is 0 Å². The number of aliphatic hydroxyl groups is 1. The Bertz CT molecular complexity index is 866. The van der Waals surface area contributed by atoms with Gasteiger partial charge < -0.3 is 19.3 Å². The fourth-order valence-corrected chi connectivity index (χ4v) is 9.89. The molecule has 4 nitrogen and oxygen atoms in total. The van der Waals surface area contributed by atoms with Crippen LogP contribution in [0.2, 0.25) is 0 Å². The topological polar surface area (TPSA) is 47.9 Å². The van der Waals surface area contributed by atoms with Crippen molar-refractivity contribution >= 4 is 30.1 Å². The Morgan fingerprint density at radius 3 is 2.50 bits per heavy atom. The largest absolute Gasteiger partial charge is 0.497 e. The number of fused-ring (bicyclic) bond motifs is 6. The van der Waals surface area contributed by atoms with Crippen molar-refractivity contribution in [2.24, 2.45) is 22.7 Å². The molecule has 6 heteroatoms. The van der Waals surface area contributed by atoms with Crippen molar-refractivity contribution in [3.8, 4) is 5.75 Å². The first kappa shape index (κ1) is 27.0. The lowest BCUT2D eigenvalue weighted by molar-refractivity contribution is -0.357. The average molecular weight is 603 g/mol. The first-order valence-corrected chi connectivity index (χ1v) is 16.7. The van der Waals surface area contributed by atoms with E-state index in [4.69, 9.17) is 14.2 Å². The molecule has 1 N–H and O–H groups in total. The summed E-state index contributed by atoms with van der Waals surface area (Å²) in [6.07, 6.45) is 6.00. The van der Waals surface area contributed by atoms with Crippen LogP contribution < -0.4 is 4.74 Å². The fourth-order valence-electron chi connectivity index (χ4n) is 7.80. The number of hydrogen-bond donors (Lipinski definition) is 1. The Morgan fingerprint density at radius 1 is 1.18 bits per heavy atom. The summed E-state index contributed by atoms with van der Waals surface area (Å²) in [5.41, 5.74) is 1.84. The van der Waals surface area contributed by atoms with Gasteiger partial charge >= 0.3 is 0 Å². The van der Waals surface area contributed by atoms with E-state index in [0.29, 0.717) is 11.8 Å². The Kier molecular flexibility index (Phi) is 7.98. The standard InChI is InChI=1S/C26H37IO4S.C2H6/c1-5-24-13-25(28,16-32-27)22-19-9-7-18(29-4)12-17(19)6-8-20(22)21(24)10-11-26(24)30-14-23(2,3)15-31-26;1-2/h7,9,12,20-22,28H,5-6,8,10-11,13-16H2,1-4H3;1-2H3. The van der Waals surface area contributed by atoms with E-state index in [-0.39, 0.29) is 16.7 Å². The van der Waals surface area contributed by atoms with Gasteiger partial charge in [0.1, 0.15) is 5.75 Å². The predicted octanol–water partition coefficient (Wildman–Crippen LogP) is 7.16. The van der Waals surface area contributed by atoms with E-state index >= 15 is 0 Å². The van der Waals surface area contributed by atoms with Crippen molar-refractivity contribution < 1.29 is 19.3 Å². The lowest BCUT2D eigenvalue weighted by atomic mass is 9.48. The van der Waals surface area contributed by atoms with Gasteiger partial charge in [-0.1, -0.05) is 49.6 Å². The molecule has 1 heterocycles. The van der Waals surface area contributed by atoms with Crippen LogP contribution in [0.1, 0.15) is 83.8 Å². The molecular weight excluding hydrogens is 559 g/mol. The molecule has 0 amide bonds. The second-order valence-corrected chi connectivity index (χ2v) is 13.8. The van der Waals surface area contributed by atoms with Crippen molar-refractivity contribution in [2.45, 2.75) is 90.4 Å². The van der Waals surface area contributed by atoms with Gasteiger partial charge in [-0.2, -0.15) is 0 Å². The lowest BCUT2D eigenvalue weighted by Crippen LogP contribution is -2.64. The van der Waals surface area contributed by atoms with Crippen molar-refractivity contribution in [3.63, 3.8) is 0 Å². The van der Waals surface area contributed by atoms with E-state index in [2.05, 4.69) is 60.2 Å². The smallest absolute Gasteiger partial charge is 0.174 e. The van der Waals surface area contributed by atoms with Gasteiger partial charge in [-0.05, 0) is 88.4 Å². The van der Waals surface area contributed by atoms with Crippen molar-refractivity contribution in [2.75, 3.05) is 26.1 Å². The molecule has 0 bridgehead atoms. The van der Waals surface area contributed by atoms with Crippen LogP contribution in [0, 0.1) is 22.7 Å². The van der Waals surface area contributed by atoms with Crippen LogP contribution in [0.25, 0.3) is 0 Å². The van der Waals surface area contributed by atoms with E-state index in [1.807, 2.05) is 13.8 Å². The molecule has 1 aromatic carbocycles. The van der Waals surface area contributed by atoms with E-state index in [9.17, 15) is 5.11 Å². The second-order valence-electron chi connectivity index (χ2n) is 11.4. The molecule has 5 rings (SSSR count). The molecule has 1 saturated heterocycles. The highest BCUT2D eigenvalue weighted by atomic mass is 127. The molecule has 34 heavy (non-hydrogen) atoms. The molecule has 5 unspecified atom stereocenters. The number of hydrogen-bond acceptors (Lipinski definition) is 5. The van der Waals surface area contributed by atoms with Crippen LogP contribution in [0.15, 0.2) is 18.2 Å². The SMILES string of the molecule is CC.CCC12CC(O)(CSI)C3c4ccc(OC)cc4CCC3C1CCC21OCC(C)(C)CO1. The van der Waals surface area contributed by atoms with E-state index in [1.54, 1.807) is 16.0 Å². The monoisotopic (exact) mass is 602 g/mol. The van der Waals surface area contributed by atoms with Crippen LogP contribution in [-0.2, 0) is 15.9 Å². The van der Waals surface area contributed by atoms with E-state index in [1.165, 1.54) is 11.1 Å². The molecule has 2 saturated carbocycles. The first-order chi connectivity index (χ1) is 16.2. The molecule has 5 atom stereocenters. The molecule has 192 valence electrons. The van der Waals surface area contributed by atoms with Gasteiger partial charge in [0.2, 0.25) is 0 Å². The normalized spacial score (nSPS) is 37.1. The zero-order valence-electron chi connectivity index (χ0n) is 21.8. The molecule has 0 radical (unpaired) electrons. The zero-order valence-corrected chi connectivity index (χ0v) is 24.8. The predicted molar refractivity (Wildman–Crippen MR) is 149 cm³/mol. The van der Waals surface area contributed by atoms with Crippen LogP contribution in [0.4, 0.5) is 0 Å². The summed E-state index contributed by atoms with van der Waals surface area (Å²) in [6, 6.07) is 6.50. The number of rotatable bonds is 4. The number of ether oxygens (including phenoxy) is 3. The molecule has 1 spiro atoms. The number of methoxy groups -OCH3 is 1. The van der Waals surface area contributed by atoms with Crippen LogP contribution in [0.5, 0.6) is 5.75 Å². The number of benzene rings is 1. The van der Waals surface area contributed by atoms with Gasteiger partial charge in [0.25, 0.3) is 0 Å². The summed E-state index contributed by atoms with van der Waals surface area (Å²) in [5.74, 6) is 2.25. The number of aryl methyl sites for hydroxylation is 1. The molecule has 3 fully saturated rings. The van der Waals surface area contributed by atoms with Gasteiger partial charge in [-0.3, -0.25) is 0 Å². The summed E-state index contributed by atoms with van der Waals surface area (Å²) in [4.78, 5) is 0. The highest BCUT2D eigenvalue weighted by molar-refractivity contribution is 14.2. The summed E-state index contributed by atoms with van der Waals surface area (Å²) < 4.78 is 18.9. The summed E-state index contributed by atoms with van der Waals surface area (Å²) >= 11 is 2.36. The maximum Gasteiger partial charge on any atom is 0.174 e. The van der Waals surface area contributed by atoms with Crippen molar-refractivity contribution in [1.29, 1.82) is 0 Å². The highest BCUT2D eigenvalue weighted by Gasteiger charge is 2.71. The quantitative estimate of drug-likeness (QED) is 0.371. The van der Waals surface area contributed by atoms with Gasteiger partial charge in [-0.15, -0.1) is 0 Å². The Hall–Kier alpha value is -0.0200. The number of halogens is 1. The fraction of sp³-hybridized carbons (Fsp3) is 0.786. The summed E-state index contributed by atoms with van der Waals surface area (Å²) in [6.45, 7) is 12.2.